The van der Waals surface area contributed by atoms with Crippen LogP contribution in [-0.2, 0) is 10.7 Å². The lowest BCUT2D eigenvalue weighted by Gasteiger charge is -2.70. The van der Waals surface area contributed by atoms with Gasteiger partial charge in [-0.15, -0.1) is 11.3 Å². The van der Waals surface area contributed by atoms with Gasteiger partial charge in [-0.05, 0) is 31.4 Å². The van der Waals surface area contributed by atoms with Gasteiger partial charge in [-0.1, -0.05) is 23.2 Å². The predicted molar refractivity (Wildman–Crippen MR) is 109 cm³/mol. The molecule has 0 radical (unpaired) electrons. The lowest BCUT2D eigenvalue weighted by molar-refractivity contribution is -0.141. The summed E-state index contributed by atoms with van der Waals surface area (Å²) in [6, 6.07) is 4.73. The summed E-state index contributed by atoms with van der Waals surface area (Å²) < 4.78 is 32.0. The van der Waals surface area contributed by atoms with Crippen LogP contribution in [0.15, 0.2) is 24.4 Å². The van der Waals surface area contributed by atoms with Crippen LogP contribution in [0, 0.1) is 0 Å². The van der Waals surface area contributed by atoms with Crippen LogP contribution in [0.3, 0.4) is 0 Å². The van der Waals surface area contributed by atoms with E-state index in [1.807, 2.05) is 0 Å². The van der Waals surface area contributed by atoms with Crippen molar-refractivity contribution in [1.29, 1.82) is 0 Å². The number of alkyl halides is 2. The van der Waals surface area contributed by atoms with Gasteiger partial charge in [0.15, 0.2) is 11.6 Å². The van der Waals surface area contributed by atoms with Crippen LogP contribution < -0.4 is 15.4 Å². The predicted octanol–water partition coefficient (Wildman–Crippen LogP) is 4.16. The zero-order valence-electron chi connectivity index (χ0n) is 15.7. The fourth-order valence-electron chi connectivity index (χ4n) is 3.98. The van der Waals surface area contributed by atoms with E-state index in [-0.39, 0.29) is 22.9 Å². The molecule has 0 aliphatic heterocycles. The molecule has 160 valence electrons. The number of ether oxygens (including phenoxy) is 1. The van der Waals surface area contributed by atoms with Gasteiger partial charge < -0.3 is 15.4 Å². The van der Waals surface area contributed by atoms with Crippen molar-refractivity contribution in [3.8, 4) is 5.75 Å². The van der Waals surface area contributed by atoms with E-state index in [2.05, 4.69) is 15.6 Å². The Morgan fingerprint density at radius 2 is 1.87 bits per heavy atom. The average Bonchev–Trinajstić information content (AvgIpc) is 3.10. The molecule has 2 amide bonds. The van der Waals surface area contributed by atoms with Gasteiger partial charge >= 0.3 is 0 Å². The number of aromatic nitrogens is 1. The molecular formula is C19H17Cl2F2N3O3S. The highest BCUT2D eigenvalue weighted by atomic mass is 35.5. The van der Waals surface area contributed by atoms with Crippen LogP contribution >= 0.6 is 34.5 Å². The second kappa shape index (κ2) is 7.32. The van der Waals surface area contributed by atoms with Crippen LogP contribution in [-0.4, -0.2) is 34.5 Å². The standard InChI is InChI=1S/C19H17Cl2F2N3O3S/c1-17(22,23)16-24-5-13(30-16)15(28)26-19-7-18(8-19,9-19)25-14(27)6-29-10-2-3-11(20)12(21)4-10/h2-5H,6-9H2,1H3,(H,25,27)(H,26,28). The highest BCUT2D eigenvalue weighted by Gasteiger charge is 2.69. The van der Waals surface area contributed by atoms with Gasteiger partial charge in [-0.2, -0.15) is 8.78 Å². The first-order valence-electron chi connectivity index (χ1n) is 9.05. The van der Waals surface area contributed by atoms with Crippen LogP contribution in [0.1, 0.15) is 40.9 Å². The summed E-state index contributed by atoms with van der Waals surface area (Å²) in [4.78, 5) is 28.3. The number of halogens is 4. The summed E-state index contributed by atoms with van der Waals surface area (Å²) >= 11 is 12.4. The molecule has 0 saturated heterocycles. The summed E-state index contributed by atoms with van der Waals surface area (Å²) in [5.41, 5.74) is -0.769. The minimum Gasteiger partial charge on any atom is -0.484 e. The van der Waals surface area contributed by atoms with E-state index < -0.39 is 22.4 Å². The maximum Gasteiger partial charge on any atom is 0.296 e. The molecule has 2 bridgehead atoms. The molecule has 1 aromatic heterocycles. The fraction of sp³-hybridized carbons (Fsp3) is 0.421. The van der Waals surface area contributed by atoms with Crippen molar-refractivity contribution in [1.82, 2.24) is 15.6 Å². The molecule has 3 fully saturated rings. The first-order valence-corrected chi connectivity index (χ1v) is 10.6. The van der Waals surface area contributed by atoms with Crippen molar-refractivity contribution in [2.75, 3.05) is 6.61 Å². The molecule has 1 aromatic carbocycles. The van der Waals surface area contributed by atoms with Gasteiger partial charge in [0.25, 0.3) is 17.7 Å². The number of rotatable bonds is 7. The summed E-state index contributed by atoms with van der Waals surface area (Å²) in [6.45, 7) is 0.570. The molecule has 5 rings (SSSR count). The minimum absolute atomic E-state index is 0.143. The number of carbonyl (C=O) groups excluding carboxylic acids is 2. The second-order valence-corrected chi connectivity index (χ2v) is 9.72. The first kappa shape index (κ1) is 21.3. The average molecular weight is 476 g/mol. The summed E-state index contributed by atoms with van der Waals surface area (Å²) in [5.74, 6) is -3.35. The zero-order valence-corrected chi connectivity index (χ0v) is 18.1. The van der Waals surface area contributed by atoms with E-state index in [0.29, 0.717) is 46.4 Å². The molecule has 6 nitrogen and oxygen atoms in total. The lowest BCUT2D eigenvalue weighted by Crippen LogP contribution is -2.84. The molecule has 3 aliphatic carbocycles. The van der Waals surface area contributed by atoms with E-state index >= 15 is 0 Å². The lowest BCUT2D eigenvalue weighted by atomic mass is 9.44. The van der Waals surface area contributed by atoms with Crippen molar-refractivity contribution in [3.05, 3.63) is 44.3 Å². The van der Waals surface area contributed by atoms with Crippen LogP contribution in [0.25, 0.3) is 0 Å². The van der Waals surface area contributed by atoms with Crippen molar-refractivity contribution in [2.24, 2.45) is 0 Å². The summed E-state index contributed by atoms with van der Waals surface area (Å²) in [6.07, 6.45) is 2.91. The molecule has 30 heavy (non-hydrogen) atoms. The summed E-state index contributed by atoms with van der Waals surface area (Å²) in [7, 11) is 0. The normalized spacial score (nSPS) is 24.4. The van der Waals surface area contributed by atoms with Crippen molar-refractivity contribution in [3.63, 3.8) is 0 Å². The smallest absolute Gasteiger partial charge is 0.296 e. The quantitative estimate of drug-likeness (QED) is 0.629. The van der Waals surface area contributed by atoms with Crippen molar-refractivity contribution < 1.29 is 23.1 Å². The van der Waals surface area contributed by atoms with Crippen molar-refractivity contribution in [2.45, 2.75) is 43.2 Å². The van der Waals surface area contributed by atoms with E-state index in [9.17, 15) is 18.4 Å². The Kier molecular flexibility index (Phi) is 5.19. The topological polar surface area (TPSA) is 80.3 Å². The number of hydrogen-bond donors (Lipinski definition) is 2. The molecule has 0 atom stereocenters. The molecular weight excluding hydrogens is 459 g/mol. The molecule has 11 heteroatoms. The largest absolute Gasteiger partial charge is 0.484 e. The Morgan fingerprint density at radius 3 is 2.47 bits per heavy atom. The number of amides is 2. The van der Waals surface area contributed by atoms with E-state index in [1.54, 1.807) is 12.1 Å². The SMILES string of the molecule is CC(F)(F)c1ncc(C(=O)NC23CC(NC(=O)COc4ccc(Cl)c(Cl)c4)(C2)C3)s1. The third-order valence-electron chi connectivity index (χ3n) is 5.18. The van der Waals surface area contributed by atoms with Gasteiger partial charge in [0.05, 0.1) is 16.2 Å². The number of thiazole rings is 1. The Labute approximate surface area is 184 Å². The molecule has 0 spiro atoms. The monoisotopic (exact) mass is 475 g/mol. The highest BCUT2D eigenvalue weighted by Crippen LogP contribution is 2.60. The molecule has 1 heterocycles. The third kappa shape index (κ3) is 4.10. The van der Waals surface area contributed by atoms with Gasteiger partial charge in [0.1, 0.15) is 10.6 Å². The summed E-state index contributed by atoms with van der Waals surface area (Å²) in [5, 5.41) is 6.16. The minimum atomic E-state index is -3.08. The number of benzene rings is 1. The van der Waals surface area contributed by atoms with Gasteiger partial charge in [-0.25, -0.2) is 4.98 Å². The Morgan fingerprint density at radius 1 is 1.20 bits per heavy atom. The van der Waals surface area contributed by atoms with Gasteiger partial charge in [0, 0.05) is 24.1 Å². The van der Waals surface area contributed by atoms with Crippen LogP contribution in [0.2, 0.25) is 10.0 Å². The van der Waals surface area contributed by atoms with Crippen LogP contribution in [0.5, 0.6) is 5.75 Å². The molecule has 3 aliphatic rings. The molecule has 2 aromatic rings. The maximum absolute atomic E-state index is 13.3. The highest BCUT2D eigenvalue weighted by molar-refractivity contribution is 7.13. The Bertz CT molecular complexity index is 1000. The van der Waals surface area contributed by atoms with E-state index in [0.717, 1.165) is 13.1 Å². The second-order valence-electron chi connectivity index (χ2n) is 7.88. The molecule has 0 unspecified atom stereocenters. The number of nitrogens with one attached hydrogen (secondary N) is 2. The van der Waals surface area contributed by atoms with Gasteiger partial charge in [0.2, 0.25) is 0 Å². The Balaban J connectivity index is 1.24. The van der Waals surface area contributed by atoms with Gasteiger partial charge in [-0.3, -0.25) is 9.59 Å². The van der Waals surface area contributed by atoms with E-state index in [4.69, 9.17) is 27.9 Å². The van der Waals surface area contributed by atoms with Crippen molar-refractivity contribution >= 4 is 46.4 Å². The molecule has 2 N–H and O–H groups in total. The maximum atomic E-state index is 13.3. The number of hydrogen-bond acceptors (Lipinski definition) is 5. The first-order chi connectivity index (χ1) is 14.0. The van der Waals surface area contributed by atoms with Crippen LogP contribution in [0.4, 0.5) is 8.78 Å². The Hall–Kier alpha value is -1.97. The number of nitrogens with zero attached hydrogens (tertiary/aromatic N) is 1. The molecule has 3 saturated carbocycles. The zero-order chi connectivity index (χ0) is 21.7. The fourth-order valence-corrected chi connectivity index (χ4v) is 5.02. The number of carbonyl (C=O) groups is 2. The van der Waals surface area contributed by atoms with E-state index in [1.165, 1.54) is 6.07 Å². The third-order valence-corrected chi connectivity index (χ3v) is 7.09.